The van der Waals surface area contributed by atoms with Gasteiger partial charge in [0.25, 0.3) is 5.91 Å². The van der Waals surface area contributed by atoms with E-state index in [9.17, 15) is 9.59 Å². The predicted molar refractivity (Wildman–Crippen MR) is 73.2 cm³/mol. The van der Waals surface area contributed by atoms with Crippen LogP contribution in [0.5, 0.6) is 0 Å². The van der Waals surface area contributed by atoms with Crippen molar-refractivity contribution in [3.63, 3.8) is 0 Å². The van der Waals surface area contributed by atoms with E-state index in [1.54, 1.807) is 24.3 Å². The highest BCUT2D eigenvalue weighted by Crippen LogP contribution is 2.11. The molecule has 2 amide bonds. The molecule has 2 N–H and O–H groups in total. The summed E-state index contributed by atoms with van der Waals surface area (Å²) >= 11 is 0. The van der Waals surface area contributed by atoms with E-state index >= 15 is 0 Å². The van der Waals surface area contributed by atoms with E-state index in [0.29, 0.717) is 17.0 Å². The molecule has 1 heterocycles. The molecule has 0 unspecified atom stereocenters. The van der Waals surface area contributed by atoms with E-state index in [2.05, 4.69) is 15.6 Å². The number of aryl methyl sites for hydroxylation is 1. The van der Waals surface area contributed by atoms with E-state index in [1.807, 2.05) is 6.92 Å². The zero-order valence-electron chi connectivity index (χ0n) is 11.3. The van der Waals surface area contributed by atoms with Gasteiger partial charge >= 0.3 is 0 Å². The molecule has 6 heteroatoms. The molecule has 0 aliphatic rings. The number of hydrogen-bond acceptors (Lipinski definition) is 4. The summed E-state index contributed by atoms with van der Waals surface area (Å²) in [6.07, 6.45) is 1.34. The van der Waals surface area contributed by atoms with Gasteiger partial charge in [-0.1, -0.05) is 6.07 Å². The van der Waals surface area contributed by atoms with Crippen LogP contribution in [0.15, 0.2) is 35.1 Å². The molecule has 1 aromatic carbocycles. The molecule has 0 saturated heterocycles. The lowest BCUT2D eigenvalue weighted by molar-refractivity contribution is -0.114. The summed E-state index contributed by atoms with van der Waals surface area (Å²) in [4.78, 5) is 26.9. The zero-order chi connectivity index (χ0) is 14.5. The van der Waals surface area contributed by atoms with Gasteiger partial charge in [0.2, 0.25) is 5.91 Å². The van der Waals surface area contributed by atoms with Crippen LogP contribution in [-0.2, 0) is 11.3 Å². The number of carbonyl (C=O) groups is 2. The second-order valence-electron chi connectivity index (χ2n) is 4.31. The quantitative estimate of drug-likeness (QED) is 0.890. The molecule has 20 heavy (non-hydrogen) atoms. The van der Waals surface area contributed by atoms with E-state index in [4.69, 9.17) is 4.42 Å². The molecule has 2 rings (SSSR count). The van der Waals surface area contributed by atoms with Crippen molar-refractivity contribution in [3.05, 3.63) is 47.7 Å². The average Bonchev–Trinajstić information content (AvgIpc) is 2.81. The maximum Gasteiger partial charge on any atom is 0.251 e. The van der Waals surface area contributed by atoms with Gasteiger partial charge in [0.1, 0.15) is 5.76 Å². The fourth-order valence-electron chi connectivity index (χ4n) is 1.70. The van der Waals surface area contributed by atoms with Gasteiger partial charge in [0.15, 0.2) is 6.39 Å². The van der Waals surface area contributed by atoms with Crippen LogP contribution in [0.4, 0.5) is 5.69 Å². The van der Waals surface area contributed by atoms with E-state index in [0.717, 1.165) is 5.69 Å². The van der Waals surface area contributed by atoms with Crippen molar-refractivity contribution >= 4 is 17.5 Å². The van der Waals surface area contributed by atoms with Crippen LogP contribution in [0.2, 0.25) is 0 Å². The number of nitrogens with zero attached hydrogens (tertiary/aromatic N) is 1. The lowest BCUT2D eigenvalue weighted by Crippen LogP contribution is -2.23. The first-order valence-electron chi connectivity index (χ1n) is 6.11. The van der Waals surface area contributed by atoms with E-state index in [1.165, 1.54) is 13.3 Å². The number of oxazole rings is 1. The molecule has 1 aromatic heterocycles. The highest BCUT2D eigenvalue weighted by Gasteiger charge is 2.09. The Morgan fingerprint density at radius 2 is 2.15 bits per heavy atom. The molecule has 0 radical (unpaired) electrons. The van der Waals surface area contributed by atoms with Crippen LogP contribution in [0.25, 0.3) is 0 Å². The Morgan fingerprint density at radius 1 is 1.35 bits per heavy atom. The maximum absolute atomic E-state index is 12.0. The number of hydrogen-bond donors (Lipinski definition) is 2. The lowest BCUT2D eigenvalue weighted by Gasteiger charge is -2.06. The Hall–Kier alpha value is -2.63. The van der Waals surface area contributed by atoms with Crippen molar-refractivity contribution in [2.75, 3.05) is 5.32 Å². The molecular weight excluding hydrogens is 258 g/mol. The standard InChI is InChI=1S/C14H15N3O3/c1-9-13(20-8-16-9)7-15-14(19)11-4-3-5-12(6-11)17-10(2)18/h3-6,8H,7H2,1-2H3,(H,15,19)(H,17,18). The minimum absolute atomic E-state index is 0.181. The number of amides is 2. The summed E-state index contributed by atoms with van der Waals surface area (Å²) < 4.78 is 5.14. The average molecular weight is 273 g/mol. The van der Waals surface area contributed by atoms with Gasteiger partial charge in [-0.2, -0.15) is 0 Å². The number of anilines is 1. The molecular formula is C14H15N3O3. The van der Waals surface area contributed by atoms with Gasteiger partial charge in [0, 0.05) is 18.2 Å². The molecule has 0 bridgehead atoms. The smallest absolute Gasteiger partial charge is 0.251 e. The molecule has 2 aromatic rings. The molecule has 6 nitrogen and oxygen atoms in total. The van der Waals surface area contributed by atoms with Crippen molar-refractivity contribution in [1.29, 1.82) is 0 Å². The molecule has 0 fully saturated rings. The van der Waals surface area contributed by atoms with Gasteiger partial charge in [-0.25, -0.2) is 4.98 Å². The molecule has 0 atom stereocenters. The number of nitrogens with one attached hydrogen (secondary N) is 2. The summed E-state index contributed by atoms with van der Waals surface area (Å²) in [5.74, 6) is 0.198. The van der Waals surface area contributed by atoms with E-state index < -0.39 is 0 Å². The minimum Gasteiger partial charge on any atom is -0.446 e. The fourth-order valence-corrected chi connectivity index (χ4v) is 1.70. The first-order chi connectivity index (χ1) is 9.56. The third-order valence-corrected chi connectivity index (χ3v) is 2.70. The topological polar surface area (TPSA) is 84.2 Å². The first-order valence-corrected chi connectivity index (χ1v) is 6.11. The first kappa shape index (κ1) is 13.8. The number of aromatic nitrogens is 1. The SMILES string of the molecule is CC(=O)Nc1cccc(C(=O)NCc2ocnc2C)c1. The Morgan fingerprint density at radius 3 is 2.80 bits per heavy atom. The van der Waals surface area contributed by atoms with Crippen LogP contribution in [0, 0.1) is 6.92 Å². The van der Waals surface area contributed by atoms with Crippen molar-refractivity contribution in [2.45, 2.75) is 20.4 Å². The third-order valence-electron chi connectivity index (χ3n) is 2.70. The van der Waals surface area contributed by atoms with Crippen molar-refractivity contribution in [1.82, 2.24) is 10.3 Å². The Kier molecular flexibility index (Phi) is 4.14. The zero-order valence-corrected chi connectivity index (χ0v) is 11.3. The Bertz CT molecular complexity index is 634. The molecule has 0 aliphatic heterocycles. The Balaban J connectivity index is 2.02. The summed E-state index contributed by atoms with van der Waals surface area (Å²) in [5, 5.41) is 5.37. The van der Waals surface area contributed by atoms with Crippen molar-refractivity contribution in [2.24, 2.45) is 0 Å². The van der Waals surface area contributed by atoms with E-state index in [-0.39, 0.29) is 18.4 Å². The van der Waals surface area contributed by atoms with Gasteiger partial charge in [-0.3, -0.25) is 9.59 Å². The maximum atomic E-state index is 12.0. The van der Waals surface area contributed by atoms with Crippen molar-refractivity contribution in [3.8, 4) is 0 Å². The van der Waals surface area contributed by atoms with Crippen molar-refractivity contribution < 1.29 is 14.0 Å². The van der Waals surface area contributed by atoms with Gasteiger partial charge in [0.05, 0.1) is 12.2 Å². The minimum atomic E-state index is -0.243. The van der Waals surface area contributed by atoms with Gasteiger partial charge in [-0.05, 0) is 25.1 Å². The second kappa shape index (κ2) is 6.01. The van der Waals surface area contributed by atoms with Gasteiger partial charge < -0.3 is 15.1 Å². The third kappa shape index (κ3) is 3.44. The number of rotatable bonds is 4. The largest absolute Gasteiger partial charge is 0.446 e. The number of carbonyl (C=O) groups excluding carboxylic acids is 2. The summed E-state index contributed by atoms with van der Waals surface area (Å²) in [6.45, 7) is 3.50. The molecule has 0 spiro atoms. The van der Waals surface area contributed by atoms with Gasteiger partial charge in [-0.15, -0.1) is 0 Å². The summed E-state index contributed by atoms with van der Waals surface area (Å²) in [6, 6.07) is 6.72. The second-order valence-corrected chi connectivity index (χ2v) is 4.31. The van der Waals surface area contributed by atoms with Crippen LogP contribution in [0.1, 0.15) is 28.7 Å². The Labute approximate surface area is 116 Å². The predicted octanol–water partition coefficient (Wildman–Crippen LogP) is 1.87. The van der Waals surface area contributed by atoms with Crippen LogP contribution < -0.4 is 10.6 Å². The normalized spacial score (nSPS) is 10.1. The molecule has 0 aliphatic carbocycles. The fraction of sp³-hybridized carbons (Fsp3) is 0.214. The lowest BCUT2D eigenvalue weighted by atomic mass is 10.2. The highest BCUT2D eigenvalue weighted by atomic mass is 16.3. The summed E-state index contributed by atoms with van der Waals surface area (Å²) in [5.41, 5.74) is 1.80. The summed E-state index contributed by atoms with van der Waals surface area (Å²) in [7, 11) is 0. The monoisotopic (exact) mass is 273 g/mol. The highest BCUT2D eigenvalue weighted by molar-refractivity contribution is 5.96. The van der Waals surface area contributed by atoms with Crippen LogP contribution in [0.3, 0.4) is 0 Å². The number of benzene rings is 1. The molecule has 0 saturated carbocycles. The molecule has 104 valence electrons. The van der Waals surface area contributed by atoms with Crippen LogP contribution >= 0.6 is 0 Å². The van der Waals surface area contributed by atoms with Crippen LogP contribution in [-0.4, -0.2) is 16.8 Å².